The van der Waals surface area contributed by atoms with Crippen molar-refractivity contribution < 1.29 is 4.74 Å². The molecule has 1 aliphatic rings. The summed E-state index contributed by atoms with van der Waals surface area (Å²) < 4.78 is 5.27. The summed E-state index contributed by atoms with van der Waals surface area (Å²) in [6.45, 7) is 7.00. The highest BCUT2D eigenvalue weighted by Crippen LogP contribution is 2.29. The zero-order chi connectivity index (χ0) is 12.7. The molecule has 0 amide bonds. The lowest BCUT2D eigenvalue weighted by Gasteiger charge is -2.21. The first-order chi connectivity index (χ1) is 8.21. The van der Waals surface area contributed by atoms with Gasteiger partial charge in [-0.05, 0) is 37.2 Å². The van der Waals surface area contributed by atoms with Gasteiger partial charge in [0, 0.05) is 6.42 Å². The first-order valence-electron chi connectivity index (χ1n) is 7.14. The van der Waals surface area contributed by atoms with Gasteiger partial charge in [-0.15, -0.1) is 0 Å². The van der Waals surface area contributed by atoms with Gasteiger partial charge in [-0.1, -0.05) is 45.3 Å². The smallest absolute Gasteiger partial charge is 0.0958 e. The number of allylic oxidation sites excluding steroid dienone is 4. The number of methoxy groups -OCH3 is 1. The van der Waals surface area contributed by atoms with E-state index in [9.17, 15) is 0 Å². The van der Waals surface area contributed by atoms with E-state index in [0.29, 0.717) is 0 Å². The summed E-state index contributed by atoms with van der Waals surface area (Å²) in [6, 6.07) is 0. The Morgan fingerprint density at radius 1 is 1.12 bits per heavy atom. The van der Waals surface area contributed by atoms with E-state index >= 15 is 0 Å². The second-order valence-corrected chi connectivity index (χ2v) is 5.24. The zero-order valence-corrected chi connectivity index (χ0v) is 12.0. The molecule has 1 rings (SSSR count). The predicted molar refractivity (Wildman–Crippen MR) is 74.9 cm³/mol. The Bertz CT molecular complexity index is 271. The number of hydrogen-bond acceptors (Lipinski definition) is 1. The van der Waals surface area contributed by atoms with Gasteiger partial charge in [0.05, 0.1) is 12.9 Å². The van der Waals surface area contributed by atoms with Crippen LogP contribution in [0.2, 0.25) is 0 Å². The fourth-order valence-corrected chi connectivity index (χ4v) is 2.58. The SMILES string of the molecule is CCC(CC)CCC(C)C1=CC=C(OC)CC1. The van der Waals surface area contributed by atoms with Crippen LogP contribution in [0.4, 0.5) is 0 Å². The van der Waals surface area contributed by atoms with Gasteiger partial charge in [0.15, 0.2) is 0 Å². The molecule has 0 saturated heterocycles. The van der Waals surface area contributed by atoms with E-state index in [1.807, 2.05) is 0 Å². The summed E-state index contributed by atoms with van der Waals surface area (Å²) in [5.41, 5.74) is 1.61. The number of hydrogen-bond donors (Lipinski definition) is 0. The van der Waals surface area contributed by atoms with Crippen molar-refractivity contribution in [3.63, 3.8) is 0 Å². The van der Waals surface area contributed by atoms with E-state index in [4.69, 9.17) is 4.74 Å². The second-order valence-electron chi connectivity index (χ2n) is 5.24. The van der Waals surface area contributed by atoms with Gasteiger partial charge in [0.2, 0.25) is 0 Å². The molecule has 98 valence electrons. The molecular weight excluding hydrogens is 208 g/mol. The molecular formula is C16H28O. The molecule has 1 heteroatoms. The van der Waals surface area contributed by atoms with Crippen LogP contribution in [0.25, 0.3) is 0 Å². The minimum absolute atomic E-state index is 0.741. The van der Waals surface area contributed by atoms with Crippen molar-refractivity contribution in [2.45, 2.75) is 59.3 Å². The van der Waals surface area contributed by atoms with Crippen molar-refractivity contribution >= 4 is 0 Å². The average Bonchev–Trinajstić information content (AvgIpc) is 2.39. The Morgan fingerprint density at radius 3 is 2.29 bits per heavy atom. The van der Waals surface area contributed by atoms with Crippen molar-refractivity contribution in [2.24, 2.45) is 11.8 Å². The Kier molecular flexibility index (Phi) is 6.39. The lowest BCUT2D eigenvalue weighted by Crippen LogP contribution is -2.07. The van der Waals surface area contributed by atoms with Crippen molar-refractivity contribution in [2.75, 3.05) is 7.11 Å². The Hall–Kier alpha value is -0.720. The molecule has 0 radical (unpaired) electrons. The fraction of sp³-hybridized carbons (Fsp3) is 0.750. The first kappa shape index (κ1) is 14.3. The maximum Gasteiger partial charge on any atom is 0.0958 e. The third-order valence-corrected chi connectivity index (χ3v) is 4.20. The summed E-state index contributed by atoms with van der Waals surface area (Å²) >= 11 is 0. The molecule has 1 atom stereocenters. The highest BCUT2D eigenvalue weighted by molar-refractivity contribution is 5.22. The predicted octanol–water partition coefficient (Wildman–Crippen LogP) is 5.09. The maximum atomic E-state index is 5.27. The van der Waals surface area contributed by atoms with E-state index < -0.39 is 0 Å². The molecule has 1 nitrogen and oxygen atoms in total. The van der Waals surface area contributed by atoms with Crippen LogP contribution in [0.3, 0.4) is 0 Å². The van der Waals surface area contributed by atoms with Gasteiger partial charge >= 0.3 is 0 Å². The highest BCUT2D eigenvalue weighted by Gasteiger charge is 2.14. The molecule has 0 aromatic rings. The molecule has 0 spiro atoms. The first-order valence-corrected chi connectivity index (χ1v) is 7.14. The molecule has 0 bridgehead atoms. The molecule has 17 heavy (non-hydrogen) atoms. The van der Waals surface area contributed by atoms with Crippen molar-refractivity contribution in [1.82, 2.24) is 0 Å². The molecule has 0 heterocycles. The average molecular weight is 236 g/mol. The van der Waals surface area contributed by atoms with Gasteiger partial charge < -0.3 is 4.74 Å². The molecule has 0 aliphatic heterocycles. The Labute approximate surface area is 107 Å². The van der Waals surface area contributed by atoms with Crippen LogP contribution in [0.5, 0.6) is 0 Å². The minimum Gasteiger partial charge on any atom is -0.501 e. The van der Waals surface area contributed by atoms with Gasteiger partial charge in [-0.25, -0.2) is 0 Å². The number of rotatable bonds is 7. The second kappa shape index (κ2) is 7.58. The van der Waals surface area contributed by atoms with E-state index in [1.165, 1.54) is 32.1 Å². The number of ether oxygens (including phenoxy) is 1. The minimum atomic E-state index is 0.741. The third-order valence-electron chi connectivity index (χ3n) is 4.20. The Balaban J connectivity index is 2.40. The van der Waals surface area contributed by atoms with Gasteiger partial charge in [0.25, 0.3) is 0 Å². The van der Waals surface area contributed by atoms with E-state index in [2.05, 4.69) is 32.9 Å². The molecule has 0 N–H and O–H groups in total. The van der Waals surface area contributed by atoms with Crippen molar-refractivity contribution in [3.8, 4) is 0 Å². The van der Waals surface area contributed by atoms with E-state index in [-0.39, 0.29) is 0 Å². The topological polar surface area (TPSA) is 9.23 Å². The van der Waals surface area contributed by atoms with Crippen molar-refractivity contribution in [3.05, 3.63) is 23.5 Å². The quantitative estimate of drug-likeness (QED) is 0.598. The summed E-state index contributed by atoms with van der Waals surface area (Å²) in [7, 11) is 1.77. The molecule has 1 unspecified atom stereocenters. The van der Waals surface area contributed by atoms with Crippen LogP contribution < -0.4 is 0 Å². The monoisotopic (exact) mass is 236 g/mol. The van der Waals surface area contributed by atoms with Crippen LogP contribution >= 0.6 is 0 Å². The van der Waals surface area contributed by atoms with Crippen LogP contribution in [-0.4, -0.2) is 7.11 Å². The van der Waals surface area contributed by atoms with Gasteiger partial charge in [-0.3, -0.25) is 0 Å². The van der Waals surface area contributed by atoms with E-state index in [1.54, 1.807) is 12.7 Å². The normalized spacial score (nSPS) is 17.7. The van der Waals surface area contributed by atoms with Crippen LogP contribution in [0.1, 0.15) is 59.3 Å². The third kappa shape index (κ3) is 4.57. The summed E-state index contributed by atoms with van der Waals surface area (Å²) in [4.78, 5) is 0. The van der Waals surface area contributed by atoms with Gasteiger partial charge in [0.1, 0.15) is 0 Å². The van der Waals surface area contributed by atoms with Crippen LogP contribution in [0.15, 0.2) is 23.5 Å². The lowest BCUT2D eigenvalue weighted by molar-refractivity contribution is 0.274. The molecule has 0 aromatic heterocycles. The molecule has 0 aromatic carbocycles. The summed E-state index contributed by atoms with van der Waals surface area (Å²) in [6.07, 6.45) is 12.1. The summed E-state index contributed by atoms with van der Waals surface area (Å²) in [5.74, 6) is 2.79. The lowest BCUT2D eigenvalue weighted by atomic mass is 9.86. The van der Waals surface area contributed by atoms with E-state index in [0.717, 1.165) is 24.0 Å². The largest absolute Gasteiger partial charge is 0.501 e. The molecule has 0 saturated carbocycles. The standard InChI is InChI=1S/C16H28O/c1-5-14(6-2)8-7-13(3)15-9-11-16(17-4)12-10-15/h9,11,13-14H,5-8,10,12H2,1-4H3. The van der Waals surface area contributed by atoms with Crippen LogP contribution in [0, 0.1) is 11.8 Å². The van der Waals surface area contributed by atoms with Crippen LogP contribution in [-0.2, 0) is 4.74 Å². The zero-order valence-electron chi connectivity index (χ0n) is 12.0. The summed E-state index contributed by atoms with van der Waals surface area (Å²) in [5, 5.41) is 0. The molecule has 1 aliphatic carbocycles. The maximum absolute atomic E-state index is 5.27. The molecule has 0 fully saturated rings. The fourth-order valence-electron chi connectivity index (χ4n) is 2.58. The highest BCUT2D eigenvalue weighted by atomic mass is 16.5. The Morgan fingerprint density at radius 2 is 1.82 bits per heavy atom. The van der Waals surface area contributed by atoms with Gasteiger partial charge in [-0.2, -0.15) is 0 Å². The van der Waals surface area contributed by atoms with Crippen molar-refractivity contribution in [1.29, 1.82) is 0 Å².